The summed E-state index contributed by atoms with van der Waals surface area (Å²) in [6.07, 6.45) is 0.964. The van der Waals surface area contributed by atoms with Gasteiger partial charge in [0.1, 0.15) is 0 Å². The number of nitrogens with one attached hydrogen (secondary N) is 1. The average Bonchev–Trinajstić information content (AvgIpc) is 3.27. The highest BCUT2D eigenvalue weighted by Crippen LogP contribution is 2.47. The molecule has 122 valence electrons. The third-order valence-electron chi connectivity index (χ3n) is 4.05. The van der Waals surface area contributed by atoms with Gasteiger partial charge in [-0.15, -0.1) is 0 Å². The first kappa shape index (κ1) is 15.9. The second kappa shape index (κ2) is 5.90. The molecule has 1 aliphatic rings. The number of benzene rings is 2. The number of sulfonamides is 1. The lowest BCUT2D eigenvalue weighted by Gasteiger charge is -2.07. The molecule has 0 heterocycles. The van der Waals surface area contributed by atoms with Crippen molar-refractivity contribution in [1.29, 1.82) is 0 Å². The highest BCUT2D eigenvalue weighted by atomic mass is 32.2. The van der Waals surface area contributed by atoms with Crippen molar-refractivity contribution >= 4 is 15.7 Å². The SMILES string of the molecule is NS(=O)(=O)c1ccc(C2CC2CNc2ccc(F)c(F)c2)cc1. The summed E-state index contributed by atoms with van der Waals surface area (Å²) in [5.41, 5.74) is 1.59. The van der Waals surface area contributed by atoms with Gasteiger partial charge in [0.05, 0.1) is 4.90 Å². The fraction of sp³-hybridized carbons (Fsp3) is 0.250. The molecule has 0 bridgehead atoms. The van der Waals surface area contributed by atoms with Crippen LogP contribution in [0.5, 0.6) is 0 Å². The van der Waals surface area contributed by atoms with Crippen LogP contribution in [0.25, 0.3) is 0 Å². The zero-order valence-electron chi connectivity index (χ0n) is 12.2. The lowest BCUT2D eigenvalue weighted by Crippen LogP contribution is -2.11. The smallest absolute Gasteiger partial charge is 0.238 e. The molecule has 0 aromatic heterocycles. The van der Waals surface area contributed by atoms with Gasteiger partial charge >= 0.3 is 0 Å². The van der Waals surface area contributed by atoms with Gasteiger partial charge in [0, 0.05) is 12.2 Å². The summed E-state index contributed by atoms with van der Waals surface area (Å²) >= 11 is 0. The fourth-order valence-electron chi connectivity index (χ4n) is 2.64. The van der Waals surface area contributed by atoms with E-state index in [2.05, 4.69) is 5.32 Å². The van der Waals surface area contributed by atoms with E-state index in [4.69, 9.17) is 5.14 Å². The second-order valence-corrected chi connectivity index (χ2v) is 7.29. The van der Waals surface area contributed by atoms with Crippen LogP contribution in [-0.2, 0) is 10.0 Å². The van der Waals surface area contributed by atoms with Crippen LogP contribution in [0.2, 0.25) is 0 Å². The molecule has 0 amide bonds. The molecule has 4 nitrogen and oxygen atoms in total. The number of halogens is 2. The first-order valence-electron chi connectivity index (χ1n) is 7.16. The molecule has 1 saturated carbocycles. The molecule has 0 saturated heterocycles. The van der Waals surface area contributed by atoms with Crippen molar-refractivity contribution in [2.24, 2.45) is 11.1 Å². The van der Waals surface area contributed by atoms with Crippen LogP contribution >= 0.6 is 0 Å². The minimum absolute atomic E-state index is 0.0957. The van der Waals surface area contributed by atoms with E-state index in [9.17, 15) is 17.2 Å². The molecule has 7 heteroatoms. The van der Waals surface area contributed by atoms with E-state index >= 15 is 0 Å². The van der Waals surface area contributed by atoms with Gasteiger partial charge in [-0.1, -0.05) is 12.1 Å². The Balaban J connectivity index is 1.58. The van der Waals surface area contributed by atoms with Crippen LogP contribution in [0.3, 0.4) is 0 Å². The molecule has 3 rings (SSSR count). The van der Waals surface area contributed by atoms with Gasteiger partial charge in [-0.2, -0.15) is 0 Å². The molecule has 1 fully saturated rings. The van der Waals surface area contributed by atoms with Gasteiger partial charge in [-0.05, 0) is 54.2 Å². The number of primary sulfonamides is 1. The number of rotatable bonds is 5. The van der Waals surface area contributed by atoms with E-state index in [1.807, 2.05) is 0 Å². The van der Waals surface area contributed by atoms with Crippen LogP contribution in [-0.4, -0.2) is 15.0 Å². The molecule has 1 aliphatic carbocycles. The standard InChI is InChI=1S/C16H16F2N2O2S/c17-15-6-3-12(8-16(15)18)20-9-11-7-14(11)10-1-4-13(5-2-10)23(19,21)22/h1-6,8,11,14,20H,7,9H2,(H2,19,21,22). The average molecular weight is 338 g/mol. The molecule has 0 spiro atoms. The zero-order valence-corrected chi connectivity index (χ0v) is 13.0. The molecular formula is C16H16F2N2O2S. The van der Waals surface area contributed by atoms with E-state index in [-0.39, 0.29) is 4.90 Å². The fourth-order valence-corrected chi connectivity index (χ4v) is 3.16. The second-order valence-electron chi connectivity index (χ2n) is 5.73. The normalized spacial score (nSPS) is 20.3. The van der Waals surface area contributed by atoms with Crippen LogP contribution < -0.4 is 10.5 Å². The predicted octanol–water partition coefficient (Wildman–Crippen LogP) is 2.83. The largest absolute Gasteiger partial charge is 0.385 e. The van der Waals surface area contributed by atoms with Gasteiger partial charge in [0.2, 0.25) is 10.0 Å². The Morgan fingerprint density at radius 2 is 1.78 bits per heavy atom. The third-order valence-corrected chi connectivity index (χ3v) is 4.98. The summed E-state index contributed by atoms with van der Waals surface area (Å²) < 4.78 is 48.4. The molecular weight excluding hydrogens is 322 g/mol. The van der Waals surface area contributed by atoms with Crippen molar-refractivity contribution in [3.8, 4) is 0 Å². The molecule has 0 aliphatic heterocycles. The van der Waals surface area contributed by atoms with Crippen molar-refractivity contribution < 1.29 is 17.2 Å². The van der Waals surface area contributed by atoms with E-state index in [1.54, 1.807) is 12.1 Å². The van der Waals surface area contributed by atoms with Gasteiger partial charge < -0.3 is 5.32 Å². The summed E-state index contributed by atoms with van der Waals surface area (Å²) in [7, 11) is -3.67. The maximum atomic E-state index is 13.1. The van der Waals surface area contributed by atoms with Gasteiger partial charge in [0.15, 0.2) is 11.6 Å². The Hall–Kier alpha value is -1.99. The van der Waals surface area contributed by atoms with Crippen LogP contribution in [0.4, 0.5) is 14.5 Å². The summed E-state index contributed by atoms with van der Waals surface area (Å²) in [5.74, 6) is -1.03. The molecule has 2 aromatic rings. The Morgan fingerprint density at radius 3 is 2.39 bits per heavy atom. The highest BCUT2D eigenvalue weighted by molar-refractivity contribution is 7.89. The first-order valence-corrected chi connectivity index (χ1v) is 8.71. The lowest BCUT2D eigenvalue weighted by atomic mass is 10.1. The van der Waals surface area contributed by atoms with Crippen molar-refractivity contribution in [3.63, 3.8) is 0 Å². The Kier molecular flexibility index (Phi) is 4.08. The van der Waals surface area contributed by atoms with Gasteiger partial charge in [-0.25, -0.2) is 22.3 Å². The van der Waals surface area contributed by atoms with E-state index in [0.29, 0.717) is 24.1 Å². The third kappa shape index (κ3) is 3.68. The lowest BCUT2D eigenvalue weighted by molar-refractivity contribution is 0.509. The Bertz CT molecular complexity index is 822. The van der Waals surface area contributed by atoms with E-state index < -0.39 is 21.7 Å². The van der Waals surface area contributed by atoms with Crippen LogP contribution in [0.15, 0.2) is 47.4 Å². The van der Waals surface area contributed by atoms with E-state index in [1.165, 1.54) is 18.2 Å². The zero-order chi connectivity index (χ0) is 16.6. The topological polar surface area (TPSA) is 72.2 Å². The Labute approximate surface area is 133 Å². The summed E-state index contributed by atoms with van der Waals surface area (Å²) in [4.78, 5) is 0.0957. The number of anilines is 1. The molecule has 2 unspecified atom stereocenters. The van der Waals surface area contributed by atoms with Gasteiger partial charge in [0.25, 0.3) is 0 Å². The molecule has 2 atom stereocenters. The number of hydrogen-bond acceptors (Lipinski definition) is 3. The molecule has 3 N–H and O–H groups in total. The quantitative estimate of drug-likeness (QED) is 0.880. The van der Waals surface area contributed by atoms with Gasteiger partial charge in [-0.3, -0.25) is 0 Å². The van der Waals surface area contributed by atoms with Crippen LogP contribution in [0.1, 0.15) is 17.9 Å². The number of nitrogens with two attached hydrogens (primary N) is 1. The molecule has 23 heavy (non-hydrogen) atoms. The summed E-state index contributed by atoms with van der Waals surface area (Å²) in [6.45, 7) is 0.646. The monoisotopic (exact) mass is 338 g/mol. The first-order chi connectivity index (χ1) is 10.8. The summed E-state index contributed by atoms with van der Waals surface area (Å²) in [6, 6.07) is 10.3. The maximum Gasteiger partial charge on any atom is 0.238 e. The molecule has 0 radical (unpaired) electrons. The van der Waals surface area contributed by atoms with Crippen LogP contribution in [0, 0.1) is 17.6 Å². The summed E-state index contributed by atoms with van der Waals surface area (Å²) in [5, 5.41) is 8.15. The number of hydrogen-bond donors (Lipinski definition) is 2. The molecule has 2 aromatic carbocycles. The van der Waals surface area contributed by atoms with Crippen molar-refractivity contribution in [2.75, 3.05) is 11.9 Å². The maximum absolute atomic E-state index is 13.1. The van der Waals surface area contributed by atoms with Crippen molar-refractivity contribution in [3.05, 3.63) is 59.7 Å². The minimum atomic E-state index is -3.67. The minimum Gasteiger partial charge on any atom is -0.385 e. The van der Waals surface area contributed by atoms with E-state index in [0.717, 1.165) is 24.1 Å². The highest BCUT2D eigenvalue weighted by Gasteiger charge is 2.37. The van der Waals surface area contributed by atoms with Crippen molar-refractivity contribution in [1.82, 2.24) is 0 Å². The van der Waals surface area contributed by atoms with Crippen molar-refractivity contribution in [2.45, 2.75) is 17.2 Å². The predicted molar refractivity (Wildman–Crippen MR) is 83.5 cm³/mol. The Morgan fingerprint density at radius 1 is 1.09 bits per heavy atom.